The zero-order valence-electron chi connectivity index (χ0n) is 20.3. The van der Waals surface area contributed by atoms with Gasteiger partial charge in [-0.15, -0.1) is 11.8 Å². The number of hydrogen-bond donors (Lipinski definition) is 7. The Hall–Kier alpha value is -0.950. The van der Waals surface area contributed by atoms with Crippen LogP contribution in [0.1, 0.15) is 70.6 Å². The van der Waals surface area contributed by atoms with Gasteiger partial charge in [-0.2, -0.15) is 0 Å². The quantitative estimate of drug-likeness (QED) is 0.118. The molecular weight excluding hydrogens is 460 g/mol. The first-order valence-corrected chi connectivity index (χ1v) is 13.7. The second-order valence-electron chi connectivity index (χ2n) is 8.83. The van der Waals surface area contributed by atoms with Crippen LogP contribution in [0.2, 0.25) is 0 Å². The summed E-state index contributed by atoms with van der Waals surface area (Å²) in [6.45, 7) is 1.61. The Morgan fingerprint density at radius 1 is 0.824 bits per heavy atom. The van der Waals surface area contributed by atoms with E-state index in [9.17, 15) is 24.9 Å². The van der Waals surface area contributed by atoms with E-state index in [1.54, 1.807) is 0 Å². The second-order valence-corrected chi connectivity index (χ2v) is 10.0. The number of nitrogens with two attached hydrogens (primary N) is 2. The third kappa shape index (κ3) is 13.2. The summed E-state index contributed by atoms with van der Waals surface area (Å²) >= 11 is 1.47. The molecule has 34 heavy (non-hydrogen) atoms. The molecule has 1 fully saturated rings. The van der Waals surface area contributed by atoms with Crippen molar-refractivity contribution in [1.82, 2.24) is 10.6 Å². The number of unbranched alkanes of at least 4 members (excludes halogenated alkanes) is 6. The van der Waals surface area contributed by atoms with Gasteiger partial charge in [0.1, 0.15) is 23.7 Å². The summed E-state index contributed by atoms with van der Waals surface area (Å²) < 4.78 is 5.58. The summed E-state index contributed by atoms with van der Waals surface area (Å²) in [4.78, 5) is 23.6. The van der Waals surface area contributed by atoms with Gasteiger partial charge in [0, 0.05) is 25.9 Å². The molecule has 2 amide bonds. The van der Waals surface area contributed by atoms with E-state index in [4.69, 9.17) is 16.2 Å². The van der Waals surface area contributed by atoms with E-state index < -0.39 is 29.8 Å². The molecule has 1 heterocycles. The zero-order chi connectivity index (χ0) is 25.2. The first-order chi connectivity index (χ1) is 16.4. The number of carbonyl (C=O) groups is 2. The van der Waals surface area contributed by atoms with Crippen molar-refractivity contribution in [1.29, 1.82) is 0 Å². The molecule has 5 atom stereocenters. The number of ether oxygens (including phenoxy) is 1. The lowest BCUT2D eigenvalue weighted by Crippen LogP contribution is -2.60. The van der Waals surface area contributed by atoms with Crippen molar-refractivity contribution in [3.8, 4) is 0 Å². The molecule has 0 saturated carbocycles. The first kappa shape index (κ1) is 31.1. The fraction of sp³-hybridized carbons (Fsp3) is 0.913. The van der Waals surface area contributed by atoms with Gasteiger partial charge < -0.3 is 42.2 Å². The van der Waals surface area contributed by atoms with E-state index >= 15 is 0 Å². The van der Waals surface area contributed by atoms with Crippen LogP contribution in [0, 0.1) is 0 Å². The van der Waals surface area contributed by atoms with Gasteiger partial charge in [0.05, 0.1) is 12.6 Å². The van der Waals surface area contributed by atoms with Crippen LogP contribution in [-0.4, -0.2) is 88.9 Å². The molecular formula is C23H46N4O6S. The lowest BCUT2D eigenvalue weighted by Gasteiger charge is -2.40. The average Bonchev–Trinajstić information content (AvgIpc) is 2.83. The van der Waals surface area contributed by atoms with Gasteiger partial charge >= 0.3 is 0 Å². The predicted octanol–water partition coefficient (Wildman–Crippen LogP) is -0.0319. The van der Waals surface area contributed by atoms with Gasteiger partial charge in [0.15, 0.2) is 0 Å². The standard InChI is InChI=1S/C23H46N4O6S/c24-12-6-1-4-10-18(29)26-13-7-2-5-11-19(30)27-14-8-3-9-15-34-23-20(25)22(32)21(31)17(16-28)33-23/h17,20-23,28,31-32H,1-16,24-25H2,(H,26,29)(H,27,30)/t17?,20?,21-,22+,23-/m0/s1. The van der Waals surface area contributed by atoms with Crippen LogP contribution < -0.4 is 22.1 Å². The number of aliphatic hydroxyl groups is 3. The molecule has 1 aliphatic heterocycles. The van der Waals surface area contributed by atoms with E-state index in [1.165, 1.54) is 11.8 Å². The van der Waals surface area contributed by atoms with Crippen molar-refractivity contribution in [2.45, 2.75) is 100 Å². The minimum atomic E-state index is -1.18. The van der Waals surface area contributed by atoms with Gasteiger partial charge in [-0.3, -0.25) is 9.59 Å². The van der Waals surface area contributed by atoms with E-state index in [0.29, 0.717) is 32.5 Å². The van der Waals surface area contributed by atoms with Crippen molar-refractivity contribution in [3.63, 3.8) is 0 Å². The Balaban J connectivity index is 1.94. The first-order valence-electron chi connectivity index (χ1n) is 12.6. The number of thioether (sulfide) groups is 1. The SMILES string of the molecule is NCCCCCC(=O)NCCCCCC(=O)NCCCCCS[C@@H]1OC(CO)[C@H](O)[C@H](O)C1N. The number of rotatable bonds is 19. The number of aliphatic hydroxyl groups excluding tert-OH is 3. The molecule has 0 aromatic carbocycles. The van der Waals surface area contributed by atoms with Crippen molar-refractivity contribution in [2.75, 3.05) is 32.0 Å². The van der Waals surface area contributed by atoms with Crippen molar-refractivity contribution in [3.05, 3.63) is 0 Å². The molecule has 0 radical (unpaired) electrons. The smallest absolute Gasteiger partial charge is 0.219 e. The zero-order valence-corrected chi connectivity index (χ0v) is 21.1. The van der Waals surface area contributed by atoms with Gasteiger partial charge in [-0.1, -0.05) is 19.3 Å². The maximum atomic E-state index is 11.9. The number of amides is 2. The van der Waals surface area contributed by atoms with Crippen LogP contribution in [-0.2, 0) is 14.3 Å². The molecule has 11 heteroatoms. The Morgan fingerprint density at radius 3 is 1.94 bits per heavy atom. The Bertz CT molecular complexity index is 558. The van der Waals surface area contributed by atoms with Crippen LogP contribution in [0.5, 0.6) is 0 Å². The maximum absolute atomic E-state index is 11.9. The van der Waals surface area contributed by atoms with Crippen LogP contribution in [0.4, 0.5) is 0 Å². The van der Waals surface area contributed by atoms with Gasteiger partial charge in [0.2, 0.25) is 11.8 Å². The van der Waals surface area contributed by atoms with Crippen LogP contribution in [0.3, 0.4) is 0 Å². The summed E-state index contributed by atoms with van der Waals surface area (Å²) in [7, 11) is 0. The fourth-order valence-corrected chi connectivity index (χ4v) is 4.89. The van der Waals surface area contributed by atoms with Gasteiger partial charge in [-0.05, 0) is 50.8 Å². The topological polar surface area (TPSA) is 180 Å². The van der Waals surface area contributed by atoms with Crippen LogP contribution in [0.25, 0.3) is 0 Å². The van der Waals surface area contributed by atoms with Gasteiger partial charge in [0.25, 0.3) is 0 Å². The summed E-state index contributed by atoms with van der Waals surface area (Å²) in [5, 5.41) is 34.9. The molecule has 1 rings (SSSR count). The second kappa shape index (κ2) is 19.3. The highest BCUT2D eigenvalue weighted by Gasteiger charge is 2.42. The van der Waals surface area contributed by atoms with Gasteiger partial charge in [-0.25, -0.2) is 0 Å². The van der Waals surface area contributed by atoms with Crippen LogP contribution in [0.15, 0.2) is 0 Å². The normalized spacial score (nSPS) is 24.7. The minimum absolute atomic E-state index is 0.0579. The van der Waals surface area contributed by atoms with E-state index in [1.807, 2.05) is 0 Å². The monoisotopic (exact) mass is 506 g/mol. The van der Waals surface area contributed by atoms with E-state index in [0.717, 1.165) is 63.5 Å². The largest absolute Gasteiger partial charge is 0.394 e. The highest BCUT2D eigenvalue weighted by atomic mass is 32.2. The minimum Gasteiger partial charge on any atom is -0.394 e. The van der Waals surface area contributed by atoms with E-state index in [-0.39, 0.29) is 18.4 Å². The number of hydrogen-bond acceptors (Lipinski definition) is 9. The third-order valence-corrected chi connectivity index (χ3v) is 7.14. The molecule has 0 aromatic rings. The lowest BCUT2D eigenvalue weighted by atomic mass is 9.99. The average molecular weight is 507 g/mol. The number of carbonyl (C=O) groups excluding carboxylic acids is 2. The maximum Gasteiger partial charge on any atom is 0.219 e. The molecule has 2 unspecified atom stereocenters. The lowest BCUT2D eigenvalue weighted by molar-refractivity contribution is -0.165. The highest BCUT2D eigenvalue weighted by molar-refractivity contribution is 7.99. The molecule has 200 valence electrons. The summed E-state index contributed by atoms with van der Waals surface area (Å²) in [6.07, 6.45) is 6.10. The summed E-state index contributed by atoms with van der Waals surface area (Å²) in [5.41, 5.74) is 10.9. The Kier molecular flexibility index (Phi) is 17.6. The molecule has 10 nitrogen and oxygen atoms in total. The molecule has 0 spiro atoms. The Morgan fingerprint density at radius 2 is 1.38 bits per heavy atom. The molecule has 0 aromatic heterocycles. The molecule has 1 saturated heterocycles. The fourth-order valence-electron chi connectivity index (χ4n) is 3.68. The van der Waals surface area contributed by atoms with E-state index in [2.05, 4.69) is 10.6 Å². The molecule has 9 N–H and O–H groups in total. The highest BCUT2D eigenvalue weighted by Crippen LogP contribution is 2.28. The molecule has 0 aliphatic carbocycles. The third-order valence-electron chi connectivity index (χ3n) is 5.86. The predicted molar refractivity (Wildman–Crippen MR) is 134 cm³/mol. The summed E-state index contributed by atoms with van der Waals surface area (Å²) in [5.74, 6) is 0.924. The van der Waals surface area contributed by atoms with Crippen LogP contribution >= 0.6 is 11.8 Å². The molecule has 1 aliphatic rings. The Labute approximate surface area is 207 Å². The number of nitrogens with one attached hydrogen (secondary N) is 2. The van der Waals surface area contributed by atoms with Crippen molar-refractivity contribution < 1.29 is 29.6 Å². The summed E-state index contributed by atoms with van der Waals surface area (Å²) in [6, 6.07) is -0.704. The van der Waals surface area contributed by atoms with Crippen molar-refractivity contribution >= 4 is 23.6 Å². The van der Waals surface area contributed by atoms with Crippen molar-refractivity contribution in [2.24, 2.45) is 11.5 Å². The molecule has 0 bridgehead atoms.